The summed E-state index contributed by atoms with van der Waals surface area (Å²) in [7, 11) is 3.06. The van der Waals surface area contributed by atoms with Gasteiger partial charge in [0.2, 0.25) is 0 Å². The monoisotopic (exact) mass is 430 g/mol. The van der Waals surface area contributed by atoms with E-state index in [1.807, 2.05) is 0 Å². The molecule has 1 aliphatic heterocycles. The van der Waals surface area contributed by atoms with Crippen molar-refractivity contribution in [2.75, 3.05) is 25.7 Å². The summed E-state index contributed by atoms with van der Waals surface area (Å²) >= 11 is 11.4. The van der Waals surface area contributed by atoms with Crippen LogP contribution in [0.1, 0.15) is 12.5 Å². The van der Waals surface area contributed by atoms with E-state index in [0.717, 1.165) is 0 Å². The quantitative estimate of drug-likeness (QED) is 0.409. The number of rotatable bonds is 5. The molecule has 1 fully saturated rings. The average Bonchev–Trinajstić information content (AvgIpc) is 2.72. The van der Waals surface area contributed by atoms with Crippen molar-refractivity contribution in [3.05, 3.63) is 58.6 Å². The van der Waals surface area contributed by atoms with Gasteiger partial charge in [-0.1, -0.05) is 17.7 Å². The maximum absolute atomic E-state index is 13.2. The zero-order valence-corrected chi connectivity index (χ0v) is 17.7. The largest absolute Gasteiger partial charge is 0.493 e. The van der Waals surface area contributed by atoms with Gasteiger partial charge < -0.3 is 9.47 Å². The lowest BCUT2D eigenvalue weighted by Crippen LogP contribution is -2.56. The molecule has 1 saturated heterocycles. The smallest absolute Gasteiger partial charge is 0.270 e. The number of hydrogen-bond acceptors (Lipinski definition) is 5. The molecule has 3 rings (SSSR count). The molecule has 6 nitrogen and oxygen atoms in total. The molecule has 0 bridgehead atoms. The Bertz CT molecular complexity index is 1000. The van der Waals surface area contributed by atoms with Crippen LogP contribution in [0.25, 0.3) is 6.08 Å². The van der Waals surface area contributed by atoms with E-state index >= 15 is 0 Å². The maximum atomic E-state index is 13.2. The molecule has 0 saturated carbocycles. The first-order chi connectivity index (χ1) is 13.9. The van der Waals surface area contributed by atoms with Gasteiger partial charge in [0.15, 0.2) is 16.6 Å². The molecule has 0 N–H and O–H groups in total. The fourth-order valence-corrected chi connectivity index (χ4v) is 3.51. The van der Waals surface area contributed by atoms with E-state index in [0.29, 0.717) is 34.3 Å². The first kappa shape index (κ1) is 20.8. The van der Waals surface area contributed by atoms with E-state index in [2.05, 4.69) is 0 Å². The fourth-order valence-electron chi connectivity index (χ4n) is 2.98. The Balaban J connectivity index is 2.08. The van der Waals surface area contributed by atoms with Crippen LogP contribution in [0.3, 0.4) is 0 Å². The molecule has 0 aromatic heterocycles. The Morgan fingerprint density at radius 3 is 2.24 bits per heavy atom. The highest BCUT2D eigenvalue weighted by atomic mass is 35.5. The number of likely N-dealkylation sites (N-methyl/N-ethyl adjacent to an activating group) is 1. The van der Waals surface area contributed by atoms with Gasteiger partial charge in [-0.15, -0.1) is 0 Å². The Hall–Kier alpha value is -2.90. The standard InChI is InChI=1S/C21H19ClN2O4S/c1-4-23-19(25)16(11-13-5-10-17(27-2)18(12-13)28-3)20(26)24(21(23)29)15-8-6-14(22)7-9-15/h5-12H,4H2,1-3H3/b16-11+. The number of ether oxygens (including phenoxy) is 2. The summed E-state index contributed by atoms with van der Waals surface area (Å²) in [6.45, 7) is 2.13. The van der Waals surface area contributed by atoms with Crippen LogP contribution < -0.4 is 14.4 Å². The highest BCUT2D eigenvalue weighted by Gasteiger charge is 2.39. The molecule has 8 heteroatoms. The van der Waals surface area contributed by atoms with E-state index in [9.17, 15) is 9.59 Å². The summed E-state index contributed by atoms with van der Waals surface area (Å²) < 4.78 is 10.5. The molecule has 1 aliphatic rings. The number of hydrogen-bond donors (Lipinski definition) is 0. The predicted molar refractivity (Wildman–Crippen MR) is 116 cm³/mol. The minimum absolute atomic E-state index is 0.00243. The van der Waals surface area contributed by atoms with Crippen molar-refractivity contribution >= 4 is 52.5 Å². The second kappa shape index (κ2) is 8.63. The molecule has 2 aromatic carbocycles. The van der Waals surface area contributed by atoms with Crippen LogP contribution in [0.4, 0.5) is 5.69 Å². The molecular weight excluding hydrogens is 412 g/mol. The van der Waals surface area contributed by atoms with Crippen LogP contribution in [0.2, 0.25) is 5.02 Å². The molecule has 0 aliphatic carbocycles. The topological polar surface area (TPSA) is 59.1 Å². The highest BCUT2D eigenvalue weighted by molar-refractivity contribution is 7.80. The molecule has 0 atom stereocenters. The molecule has 2 amide bonds. The summed E-state index contributed by atoms with van der Waals surface area (Å²) in [6, 6.07) is 11.8. The lowest BCUT2D eigenvalue weighted by Gasteiger charge is -2.36. The Morgan fingerprint density at radius 2 is 1.66 bits per heavy atom. The minimum atomic E-state index is -0.498. The van der Waals surface area contributed by atoms with Gasteiger partial charge in [-0.2, -0.15) is 0 Å². The van der Waals surface area contributed by atoms with Crippen molar-refractivity contribution in [1.29, 1.82) is 0 Å². The number of thiocarbonyl (C=S) groups is 1. The van der Waals surface area contributed by atoms with Crippen LogP contribution in [0, 0.1) is 0 Å². The summed E-state index contributed by atoms with van der Waals surface area (Å²) in [4.78, 5) is 28.9. The van der Waals surface area contributed by atoms with E-state index in [1.54, 1.807) is 49.4 Å². The van der Waals surface area contributed by atoms with Crippen molar-refractivity contribution in [3.8, 4) is 11.5 Å². The van der Waals surface area contributed by atoms with Crippen molar-refractivity contribution in [1.82, 2.24) is 4.90 Å². The number of halogens is 1. The SMILES string of the molecule is CCN1C(=O)/C(=C\c2ccc(OC)c(OC)c2)C(=O)N(c2ccc(Cl)cc2)C1=S. The normalized spacial score (nSPS) is 15.9. The molecule has 150 valence electrons. The molecule has 0 radical (unpaired) electrons. The second-order valence-corrected chi connectivity index (χ2v) is 6.92. The number of anilines is 1. The van der Waals surface area contributed by atoms with Gasteiger partial charge in [-0.05, 0) is 67.2 Å². The summed E-state index contributed by atoms with van der Waals surface area (Å²) in [6.07, 6.45) is 1.53. The van der Waals surface area contributed by atoms with Crippen molar-refractivity contribution in [2.45, 2.75) is 6.92 Å². The maximum Gasteiger partial charge on any atom is 0.270 e. The predicted octanol–water partition coefficient (Wildman–Crippen LogP) is 3.92. The molecule has 0 spiro atoms. The lowest BCUT2D eigenvalue weighted by molar-refractivity contribution is -0.127. The van der Waals surface area contributed by atoms with Crippen molar-refractivity contribution in [3.63, 3.8) is 0 Å². The molecule has 0 unspecified atom stereocenters. The summed E-state index contributed by atoms with van der Waals surface area (Å²) in [5.74, 6) is 0.106. The number of carbonyl (C=O) groups excluding carboxylic acids is 2. The zero-order valence-electron chi connectivity index (χ0n) is 16.1. The van der Waals surface area contributed by atoms with E-state index in [-0.39, 0.29) is 10.7 Å². The van der Waals surface area contributed by atoms with Gasteiger partial charge in [0, 0.05) is 11.6 Å². The summed E-state index contributed by atoms with van der Waals surface area (Å²) in [5.41, 5.74) is 1.16. The summed E-state index contributed by atoms with van der Waals surface area (Å²) in [5, 5.41) is 0.669. The third-order valence-corrected chi connectivity index (χ3v) is 5.11. The molecule has 1 heterocycles. The molecule has 2 aromatic rings. The molecule has 29 heavy (non-hydrogen) atoms. The highest BCUT2D eigenvalue weighted by Crippen LogP contribution is 2.31. The number of nitrogens with zero attached hydrogens (tertiary/aromatic N) is 2. The fraction of sp³-hybridized carbons (Fsp3) is 0.190. The first-order valence-electron chi connectivity index (χ1n) is 8.80. The van der Waals surface area contributed by atoms with E-state index < -0.39 is 11.8 Å². The van der Waals surface area contributed by atoms with Crippen LogP contribution in [0.5, 0.6) is 11.5 Å². The van der Waals surface area contributed by atoms with Gasteiger partial charge in [0.05, 0.1) is 19.9 Å². The van der Waals surface area contributed by atoms with Crippen molar-refractivity contribution in [2.24, 2.45) is 0 Å². The number of amides is 2. The van der Waals surface area contributed by atoms with Crippen LogP contribution >= 0.6 is 23.8 Å². The van der Waals surface area contributed by atoms with Gasteiger partial charge in [0.25, 0.3) is 11.8 Å². The average molecular weight is 431 g/mol. The Labute approximate surface area is 179 Å². The van der Waals surface area contributed by atoms with Crippen LogP contribution in [-0.4, -0.2) is 42.6 Å². The van der Waals surface area contributed by atoms with Gasteiger partial charge in [-0.25, -0.2) is 0 Å². The number of benzene rings is 2. The number of methoxy groups -OCH3 is 2. The van der Waals surface area contributed by atoms with Gasteiger partial charge in [-0.3, -0.25) is 19.4 Å². The van der Waals surface area contributed by atoms with Gasteiger partial charge in [0.1, 0.15) is 5.57 Å². The van der Waals surface area contributed by atoms with E-state index in [4.69, 9.17) is 33.3 Å². The van der Waals surface area contributed by atoms with Crippen molar-refractivity contribution < 1.29 is 19.1 Å². The lowest BCUT2D eigenvalue weighted by atomic mass is 10.1. The minimum Gasteiger partial charge on any atom is -0.493 e. The van der Waals surface area contributed by atoms with E-state index in [1.165, 1.54) is 30.1 Å². The number of carbonyl (C=O) groups is 2. The Kier molecular flexibility index (Phi) is 6.20. The third-order valence-electron chi connectivity index (χ3n) is 4.45. The Morgan fingerprint density at radius 1 is 1.00 bits per heavy atom. The molecular formula is C21H19ClN2O4S. The van der Waals surface area contributed by atoms with Gasteiger partial charge >= 0.3 is 0 Å². The third kappa shape index (κ3) is 3.97. The van der Waals surface area contributed by atoms with Crippen LogP contribution in [-0.2, 0) is 9.59 Å². The first-order valence-corrected chi connectivity index (χ1v) is 9.59. The zero-order chi connectivity index (χ0) is 21.1. The van der Waals surface area contributed by atoms with Crippen LogP contribution in [0.15, 0.2) is 48.0 Å². The second-order valence-electron chi connectivity index (χ2n) is 6.12.